The molecule has 0 fully saturated rings. The van der Waals surface area contributed by atoms with Gasteiger partial charge < -0.3 is 5.32 Å². The van der Waals surface area contributed by atoms with E-state index in [4.69, 9.17) is 0 Å². The van der Waals surface area contributed by atoms with Crippen LogP contribution in [0, 0.1) is 5.41 Å². The molecule has 96 valence electrons. The highest BCUT2D eigenvalue weighted by molar-refractivity contribution is 5.84. The maximum atomic E-state index is 14.6. The number of hydrogen-bond donors (Lipinski definition) is 1. The maximum Gasteiger partial charge on any atom is 0.257 e. The molecule has 0 aliphatic carbocycles. The van der Waals surface area contributed by atoms with E-state index in [1.165, 1.54) is 7.05 Å². The summed E-state index contributed by atoms with van der Waals surface area (Å²) in [6.07, 6.45) is 3.17. The molecule has 0 aromatic heterocycles. The number of halogens is 1. The van der Waals surface area contributed by atoms with Crippen molar-refractivity contribution in [2.24, 2.45) is 5.41 Å². The summed E-state index contributed by atoms with van der Waals surface area (Å²) >= 11 is 0. The van der Waals surface area contributed by atoms with Crippen molar-refractivity contribution in [2.45, 2.75) is 65.5 Å². The molecule has 3 heteroatoms. The number of rotatable bonds is 7. The Kier molecular flexibility index (Phi) is 5.98. The first kappa shape index (κ1) is 15.4. The van der Waals surface area contributed by atoms with Crippen LogP contribution in [-0.4, -0.2) is 18.6 Å². The van der Waals surface area contributed by atoms with Crippen molar-refractivity contribution in [1.82, 2.24) is 5.32 Å². The zero-order valence-corrected chi connectivity index (χ0v) is 11.3. The SMILES string of the molecule is CCCCC(F)(CC(C)(C)CC)C(=O)NC. The van der Waals surface area contributed by atoms with Crippen LogP contribution in [0.3, 0.4) is 0 Å². The number of unbranched alkanes of at least 4 members (excludes halogenated alkanes) is 1. The fourth-order valence-corrected chi connectivity index (χ4v) is 1.85. The summed E-state index contributed by atoms with van der Waals surface area (Å²) in [5.74, 6) is -0.470. The molecule has 1 N–H and O–H groups in total. The van der Waals surface area contributed by atoms with E-state index in [-0.39, 0.29) is 5.41 Å². The minimum atomic E-state index is -1.70. The Bertz CT molecular complexity index is 228. The van der Waals surface area contributed by atoms with Gasteiger partial charge in [0, 0.05) is 7.05 Å². The number of hydrogen-bond acceptors (Lipinski definition) is 1. The molecule has 2 nitrogen and oxygen atoms in total. The molecule has 1 atom stereocenters. The molecule has 0 aliphatic rings. The van der Waals surface area contributed by atoms with Crippen molar-refractivity contribution in [3.63, 3.8) is 0 Å². The van der Waals surface area contributed by atoms with Crippen LogP contribution in [0.2, 0.25) is 0 Å². The van der Waals surface area contributed by atoms with Gasteiger partial charge in [0.05, 0.1) is 0 Å². The Morgan fingerprint density at radius 1 is 1.31 bits per heavy atom. The quantitative estimate of drug-likeness (QED) is 0.714. The first-order valence-corrected chi connectivity index (χ1v) is 6.22. The molecule has 0 saturated heterocycles. The smallest absolute Gasteiger partial charge is 0.257 e. The van der Waals surface area contributed by atoms with Gasteiger partial charge >= 0.3 is 0 Å². The summed E-state index contributed by atoms with van der Waals surface area (Å²) in [6, 6.07) is 0. The monoisotopic (exact) mass is 231 g/mol. The molecule has 16 heavy (non-hydrogen) atoms. The van der Waals surface area contributed by atoms with Gasteiger partial charge in [-0.05, 0) is 24.7 Å². The summed E-state index contributed by atoms with van der Waals surface area (Å²) in [5.41, 5.74) is -1.83. The van der Waals surface area contributed by atoms with Crippen LogP contribution in [0.15, 0.2) is 0 Å². The first-order valence-electron chi connectivity index (χ1n) is 6.22. The van der Waals surface area contributed by atoms with Gasteiger partial charge in [-0.15, -0.1) is 0 Å². The average Bonchev–Trinajstić information content (AvgIpc) is 2.24. The lowest BCUT2D eigenvalue weighted by Crippen LogP contribution is -2.44. The lowest BCUT2D eigenvalue weighted by atomic mass is 9.77. The van der Waals surface area contributed by atoms with Crippen LogP contribution < -0.4 is 5.32 Å². The Morgan fingerprint density at radius 2 is 1.88 bits per heavy atom. The third kappa shape index (κ3) is 4.50. The summed E-state index contributed by atoms with van der Waals surface area (Å²) in [5, 5.41) is 2.45. The van der Waals surface area contributed by atoms with Gasteiger partial charge in [0.25, 0.3) is 5.91 Å². The Morgan fingerprint density at radius 3 is 2.25 bits per heavy atom. The highest BCUT2D eigenvalue weighted by Gasteiger charge is 2.41. The van der Waals surface area contributed by atoms with E-state index in [2.05, 4.69) is 5.32 Å². The Hall–Kier alpha value is -0.600. The zero-order chi connectivity index (χ0) is 12.8. The van der Waals surface area contributed by atoms with Crippen LogP contribution in [0.4, 0.5) is 4.39 Å². The minimum absolute atomic E-state index is 0.130. The predicted octanol–water partition coefficient (Wildman–Crippen LogP) is 3.46. The van der Waals surface area contributed by atoms with Crippen molar-refractivity contribution in [3.05, 3.63) is 0 Å². The number of nitrogens with one attached hydrogen (secondary N) is 1. The minimum Gasteiger partial charge on any atom is -0.356 e. The van der Waals surface area contributed by atoms with Crippen molar-refractivity contribution in [1.29, 1.82) is 0 Å². The van der Waals surface area contributed by atoms with Gasteiger partial charge in [0.15, 0.2) is 5.67 Å². The van der Waals surface area contributed by atoms with Crippen LogP contribution >= 0.6 is 0 Å². The molecule has 1 amide bonds. The van der Waals surface area contributed by atoms with Gasteiger partial charge in [0.2, 0.25) is 0 Å². The second-order valence-corrected chi connectivity index (χ2v) is 5.34. The number of alkyl halides is 1. The molecule has 0 bridgehead atoms. The molecule has 0 aliphatic heterocycles. The highest BCUT2D eigenvalue weighted by atomic mass is 19.1. The van der Waals surface area contributed by atoms with E-state index in [1.54, 1.807) is 0 Å². The number of carbonyl (C=O) groups excluding carboxylic acids is 1. The van der Waals surface area contributed by atoms with E-state index in [0.717, 1.165) is 19.3 Å². The van der Waals surface area contributed by atoms with Gasteiger partial charge in [-0.2, -0.15) is 0 Å². The van der Waals surface area contributed by atoms with E-state index in [9.17, 15) is 9.18 Å². The van der Waals surface area contributed by atoms with E-state index < -0.39 is 11.6 Å². The van der Waals surface area contributed by atoms with Crippen molar-refractivity contribution in [3.8, 4) is 0 Å². The van der Waals surface area contributed by atoms with Crippen LogP contribution in [0.25, 0.3) is 0 Å². The van der Waals surface area contributed by atoms with E-state index in [0.29, 0.717) is 12.8 Å². The summed E-state index contributed by atoms with van der Waals surface area (Å²) < 4.78 is 14.6. The number of carbonyl (C=O) groups is 1. The second kappa shape index (κ2) is 6.21. The Labute approximate surface area is 99.0 Å². The van der Waals surface area contributed by atoms with Crippen molar-refractivity contribution < 1.29 is 9.18 Å². The van der Waals surface area contributed by atoms with Crippen molar-refractivity contribution in [2.75, 3.05) is 7.05 Å². The molecule has 0 aromatic rings. The summed E-state index contributed by atoms with van der Waals surface area (Å²) in [7, 11) is 1.50. The molecular formula is C13H26FNO. The standard InChI is InChI=1S/C13H26FNO/c1-6-8-9-13(14,11(16)15-5)10-12(3,4)7-2/h6-10H2,1-5H3,(H,15,16). The molecule has 0 radical (unpaired) electrons. The van der Waals surface area contributed by atoms with E-state index >= 15 is 0 Å². The molecule has 0 saturated carbocycles. The largest absolute Gasteiger partial charge is 0.356 e. The van der Waals surface area contributed by atoms with Crippen LogP contribution in [0.5, 0.6) is 0 Å². The van der Waals surface area contributed by atoms with Crippen molar-refractivity contribution >= 4 is 5.91 Å². The zero-order valence-electron chi connectivity index (χ0n) is 11.3. The summed E-state index contributed by atoms with van der Waals surface area (Å²) in [6.45, 7) is 8.06. The van der Waals surface area contributed by atoms with Gasteiger partial charge in [0.1, 0.15) is 0 Å². The molecule has 0 heterocycles. The molecule has 0 rings (SSSR count). The lowest BCUT2D eigenvalue weighted by Gasteiger charge is -2.32. The third-order valence-electron chi connectivity index (χ3n) is 3.28. The first-order chi connectivity index (χ1) is 7.31. The second-order valence-electron chi connectivity index (χ2n) is 5.34. The fraction of sp³-hybridized carbons (Fsp3) is 0.923. The molecule has 1 unspecified atom stereocenters. The molecular weight excluding hydrogens is 205 g/mol. The van der Waals surface area contributed by atoms with Gasteiger partial charge in [-0.1, -0.05) is 40.5 Å². The van der Waals surface area contributed by atoms with Gasteiger partial charge in [-0.25, -0.2) is 4.39 Å². The normalized spacial score (nSPS) is 15.6. The van der Waals surface area contributed by atoms with Crippen LogP contribution in [0.1, 0.15) is 59.8 Å². The highest BCUT2D eigenvalue weighted by Crippen LogP contribution is 2.36. The lowest BCUT2D eigenvalue weighted by molar-refractivity contribution is -0.135. The molecule has 0 aromatic carbocycles. The number of amides is 1. The summed E-state index contributed by atoms with van der Waals surface area (Å²) in [4.78, 5) is 11.6. The van der Waals surface area contributed by atoms with Crippen LogP contribution in [-0.2, 0) is 4.79 Å². The Balaban J connectivity index is 4.72. The van der Waals surface area contributed by atoms with Gasteiger partial charge in [-0.3, -0.25) is 4.79 Å². The third-order valence-corrected chi connectivity index (χ3v) is 3.28. The fourth-order valence-electron chi connectivity index (χ4n) is 1.85. The van der Waals surface area contributed by atoms with E-state index in [1.807, 2.05) is 27.7 Å². The topological polar surface area (TPSA) is 29.1 Å². The predicted molar refractivity (Wildman–Crippen MR) is 66.1 cm³/mol. The molecule has 0 spiro atoms. The maximum absolute atomic E-state index is 14.6. The average molecular weight is 231 g/mol.